The van der Waals surface area contributed by atoms with Gasteiger partial charge in [0, 0.05) is 59.0 Å². The number of nitrogens with zero attached hydrogens (tertiary/aromatic N) is 4. The van der Waals surface area contributed by atoms with Crippen molar-refractivity contribution in [2.75, 3.05) is 34.5 Å². The molecule has 4 aliphatic rings. The normalized spacial score (nSPS) is 36.0. The van der Waals surface area contributed by atoms with Gasteiger partial charge >= 0.3 is 11.8 Å². The number of aliphatic hydroxyl groups is 3. The average molecular weight is 982 g/mol. The van der Waals surface area contributed by atoms with Crippen LogP contribution in [0.25, 0.3) is 0 Å². The fourth-order valence-corrected chi connectivity index (χ4v) is 10.7. The molecule has 0 spiro atoms. The molecule has 5 rings (SSSR count). The number of aliphatic hydroxyl groups excluding tert-OH is 2. The van der Waals surface area contributed by atoms with E-state index in [1.807, 2.05) is 32.9 Å². The smallest absolute Gasteiger partial charge is 0.342 e. The summed E-state index contributed by atoms with van der Waals surface area (Å²) < 4.78 is 31.3. The number of nitro groups is 1. The number of aromatic nitrogens is 2. The molecule has 1 aliphatic carbocycles. The van der Waals surface area contributed by atoms with E-state index in [0.717, 1.165) is 18.4 Å². The van der Waals surface area contributed by atoms with E-state index in [4.69, 9.17) is 40.4 Å². The molecule has 1 amide bonds. The minimum atomic E-state index is -2.49. The largest absolute Gasteiger partial charge is 0.456 e. The molecule has 14 atom stereocenters. The molecule has 68 heavy (non-hydrogen) atoms. The fraction of sp³-hybridized carbons (Fsp3) is 0.776. The third-order valence-corrected chi connectivity index (χ3v) is 14.9. The molecule has 384 valence electrons. The van der Waals surface area contributed by atoms with Crippen LogP contribution in [-0.2, 0) is 49.4 Å². The van der Waals surface area contributed by atoms with Crippen LogP contribution in [0, 0.1) is 46.6 Å². The predicted molar refractivity (Wildman–Crippen MR) is 252 cm³/mol. The molecule has 1 aromatic rings. The number of esters is 1. The summed E-state index contributed by atoms with van der Waals surface area (Å²) >= 11 is 6.52. The van der Waals surface area contributed by atoms with Gasteiger partial charge < -0.3 is 54.0 Å². The Kier molecular flexibility index (Phi) is 21.8. The number of aryl methyl sites for hydroxylation is 1. The first-order chi connectivity index (χ1) is 32.1. The van der Waals surface area contributed by atoms with Crippen molar-refractivity contribution in [3.05, 3.63) is 45.4 Å². The molecule has 1 saturated carbocycles. The number of carbonyl (C=O) groups is 4. The lowest BCUT2D eigenvalue weighted by atomic mass is 9.82. The zero-order valence-corrected chi connectivity index (χ0v) is 42.4. The van der Waals surface area contributed by atoms with E-state index in [9.17, 15) is 39.5 Å². The number of ketones is 2. The summed E-state index contributed by atoms with van der Waals surface area (Å²) in [5.74, 6) is -6.85. The first kappa shape index (κ1) is 57.0. The number of amides is 1. The number of carbonyl (C=O) groups excluding carboxylic acids is 4. The standard InChI is InChI=1S/C43H68ClNO11.C6H9N3O3/c1-10-30-18-24(2)17-25(3)19-36(53-8)39-37(54-9)21-27(5)43(51,56-39)40(48)41(49)45-16-12-11-13-32(45)42(50)55-38(28(6)33(46)23-34(30)47)26(4)20-29-14-15-31(44)35(22-29)52-7;1-5-7-4-6(9(11)12)8(5)2-3-10/h18,20,25,27-33,35-39,46,51H,10-17,19,21-23H2,1-9H3;4,10H,2-3H2,1H3/b24-18+,26-20+;/t25-,27+,28+,29-,30+,31+,32-,33-,35+,36-,37-,38+,39+,43+;/m0./s1. The SMILES string of the molecule is CC[C@@H]1/C=C(\C)C[C@H](C)C[C@H](OC)[C@H]2O[C@@](O)(C(=O)C(=O)N3CCCC[C@H]3C(=O)O[C@H](/C(C)=C/[C@@H]3CC[C@@H](Cl)[C@H](OC)C3)[C@H](C)[C@@H](O)CC1=O)[C@H](C)C[C@@H]2OC.Cc1ncc([N+](=O)[O-])n1CCO. The first-order valence-corrected chi connectivity index (χ1v) is 24.6. The van der Waals surface area contributed by atoms with Crippen LogP contribution in [-0.4, -0.2) is 146 Å². The van der Waals surface area contributed by atoms with Crippen LogP contribution in [0.5, 0.6) is 0 Å². The maximum absolute atomic E-state index is 14.3. The number of methoxy groups -OCH3 is 3. The van der Waals surface area contributed by atoms with Crippen molar-refractivity contribution in [3.8, 4) is 0 Å². The van der Waals surface area contributed by atoms with Gasteiger partial charge in [-0.3, -0.25) is 14.4 Å². The van der Waals surface area contributed by atoms with Crippen molar-refractivity contribution in [2.24, 2.45) is 29.6 Å². The van der Waals surface area contributed by atoms with Crippen LogP contribution >= 0.6 is 11.6 Å². The molecule has 0 aromatic carbocycles. The van der Waals surface area contributed by atoms with Gasteiger partial charge in [0.1, 0.15) is 36.8 Å². The van der Waals surface area contributed by atoms with Gasteiger partial charge in [0.15, 0.2) is 5.82 Å². The molecule has 4 heterocycles. The molecule has 3 aliphatic heterocycles. The molecule has 3 fully saturated rings. The number of rotatable bonds is 9. The van der Waals surface area contributed by atoms with Crippen molar-refractivity contribution in [1.82, 2.24) is 14.5 Å². The van der Waals surface area contributed by atoms with Gasteiger partial charge in [-0.1, -0.05) is 45.4 Å². The van der Waals surface area contributed by atoms with E-state index in [-0.39, 0.29) is 73.9 Å². The molecule has 0 radical (unpaired) electrons. The van der Waals surface area contributed by atoms with E-state index in [2.05, 4.69) is 11.9 Å². The lowest BCUT2D eigenvalue weighted by Crippen LogP contribution is -2.64. The van der Waals surface area contributed by atoms with Gasteiger partial charge in [-0.2, -0.15) is 0 Å². The average Bonchev–Trinajstić information content (AvgIpc) is 3.68. The van der Waals surface area contributed by atoms with Gasteiger partial charge in [-0.25, -0.2) is 14.3 Å². The lowest BCUT2D eigenvalue weighted by Gasteiger charge is -2.47. The number of hydrogen-bond donors (Lipinski definition) is 3. The molecule has 2 bridgehead atoms. The maximum Gasteiger partial charge on any atom is 0.342 e. The number of Topliss-reactive ketones (excluding diaryl/α,β-unsaturated/α-hetero) is 2. The van der Waals surface area contributed by atoms with E-state index >= 15 is 0 Å². The number of hydrogen-bond acceptors (Lipinski definition) is 15. The zero-order chi connectivity index (χ0) is 50.6. The number of allylic oxidation sites excluding steroid dienone is 3. The van der Waals surface area contributed by atoms with Crippen LogP contribution in [0.15, 0.2) is 29.5 Å². The highest BCUT2D eigenvalue weighted by Crippen LogP contribution is 2.39. The fourth-order valence-electron chi connectivity index (χ4n) is 10.3. The van der Waals surface area contributed by atoms with Crippen LogP contribution < -0.4 is 0 Å². The van der Waals surface area contributed by atoms with Gasteiger partial charge in [-0.05, 0) is 100 Å². The summed E-state index contributed by atoms with van der Waals surface area (Å²) in [5, 5.41) is 42.5. The van der Waals surface area contributed by atoms with Crippen molar-refractivity contribution in [1.29, 1.82) is 0 Å². The summed E-state index contributed by atoms with van der Waals surface area (Å²) in [6, 6.07) is -1.12. The summed E-state index contributed by atoms with van der Waals surface area (Å²) in [6.45, 7) is 13.1. The van der Waals surface area contributed by atoms with Crippen LogP contribution in [0.4, 0.5) is 5.82 Å². The van der Waals surface area contributed by atoms with E-state index < -0.39 is 82.7 Å². The summed E-state index contributed by atoms with van der Waals surface area (Å²) in [7, 11) is 4.71. The number of imidazole rings is 1. The van der Waals surface area contributed by atoms with E-state index in [1.54, 1.807) is 27.9 Å². The number of fused-ring (bicyclic) bond motifs is 3. The second-order valence-electron chi connectivity index (χ2n) is 19.4. The molecular formula is C49H77ClN4O14. The highest BCUT2D eigenvalue weighted by molar-refractivity contribution is 6.39. The van der Waals surface area contributed by atoms with E-state index in [0.29, 0.717) is 49.9 Å². The van der Waals surface area contributed by atoms with Gasteiger partial charge in [0.05, 0.1) is 36.4 Å². The van der Waals surface area contributed by atoms with Crippen LogP contribution in [0.1, 0.15) is 118 Å². The Morgan fingerprint density at radius 3 is 2.28 bits per heavy atom. The Bertz CT molecular complexity index is 1940. The third-order valence-electron chi connectivity index (χ3n) is 14.4. The quantitative estimate of drug-likeness (QED) is 0.0661. The molecular weight excluding hydrogens is 904 g/mol. The van der Waals surface area contributed by atoms with Crippen molar-refractivity contribution >= 4 is 40.9 Å². The van der Waals surface area contributed by atoms with Gasteiger partial charge in [0.2, 0.25) is 5.79 Å². The Morgan fingerprint density at radius 2 is 1.66 bits per heavy atom. The molecule has 0 unspecified atom stereocenters. The number of alkyl halides is 1. The Morgan fingerprint density at radius 1 is 1.00 bits per heavy atom. The maximum atomic E-state index is 14.3. The minimum Gasteiger partial charge on any atom is -0.456 e. The topological polar surface area (TPSA) is 239 Å². The highest BCUT2D eigenvalue weighted by atomic mass is 35.5. The summed E-state index contributed by atoms with van der Waals surface area (Å²) in [4.78, 5) is 71.3. The summed E-state index contributed by atoms with van der Waals surface area (Å²) in [6.07, 6.45) is 6.35. The number of piperidine rings is 1. The second-order valence-corrected chi connectivity index (χ2v) is 20.0. The zero-order valence-electron chi connectivity index (χ0n) is 41.6. The molecule has 19 heteroatoms. The monoisotopic (exact) mass is 981 g/mol. The summed E-state index contributed by atoms with van der Waals surface area (Å²) in [5.41, 5.74) is 1.71. The van der Waals surface area contributed by atoms with Gasteiger partial charge in [-0.15, -0.1) is 11.6 Å². The minimum absolute atomic E-state index is 0.0425. The van der Waals surface area contributed by atoms with Gasteiger partial charge in [0.25, 0.3) is 11.7 Å². The number of halogens is 1. The Balaban J connectivity index is 0.000000729. The predicted octanol–water partition coefficient (Wildman–Crippen LogP) is 5.81. The lowest BCUT2D eigenvalue weighted by molar-refractivity contribution is -0.392. The third kappa shape index (κ3) is 14.0. The van der Waals surface area contributed by atoms with E-state index in [1.165, 1.54) is 29.9 Å². The molecule has 2 saturated heterocycles. The van der Waals surface area contributed by atoms with Crippen molar-refractivity contribution in [2.45, 2.75) is 179 Å². The van der Waals surface area contributed by atoms with Crippen LogP contribution in [0.3, 0.4) is 0 Å². The van der Waals surface area contributed by atoms with Crippen LogP contribution in [0.2, 0.25) is 0 Å². The molecule has 3 N–H and O–H groups in total. The molecule has 18 nitrogen and oxygen atoms in total. The Hall–Kier alpha value is -3.62. The van der Waals surface area contributed by atoms with Crippen molar-refractivity contribution < 1.29 is 63.1 Å². The molecule has 1 aromatic heterocycles. The highest BCUT2D eigenvalue weighted by Gasteiger charge is 2.56. The Labute approximate surface area is 406 Å². The second kappa shape index (κ2) is 26.0. The number of ether oxygens (including phenoxy) is 5. The van der Waals surface area contributed by atoms with Crippen molar-refractivity contribution in [3.63, 3.8) is 0 Å². The first-order valence-electron chi connectivity index (χ1n) is 24.2. The number of cyclic esters (lactones) is 1.